The molecule has 57 heavy (non-hydrogen) atoms. The van der Waals surface area contributed by atoms with Crippen LogP contribution in [-0.4, -0.2) is 117 Å². The van der Waals surface area contributed by atoms with E-state index in [1.807, 2.05) is 32.0 Å². The third kappa shape index (κ3) is 11.8. The Hall–Kier alpha value is -5.45. The molecule has 2 saturated heterocycles. The summed E-state index contributed by atoms with van der Waals surface area (Å²) in [5, 5.41) is 19.3. The Bertz CT molecular complexity index is 2170. The molecule has 0 unspecified atom stereocenters. The molecule has 2 fully saturated rings. The van der Waals surface area contributed by atoms with Crippen LogP contribution in [0.1, 0.15) is 49.9 Å². The van der Waals surface area contributed by atoms with Crippen molar-refractivity contribution in [3.63, 3.8) is 0 Å². The number of nitrogen functional groups attached to an aromatic ring is 1. The Labute approximate surface area is 337 Å². The highest BCUT2D eigenvalue weighted by Crippen LogP contribution is 2.31. The highest BCUT2D eigenvalue weighted by atomic mass is 35.5. The lowest BCUT2D eigenvalue weighted by molar-refractivity contribution is 0.254. The van der Waals surface area contributed by atoms with Crippen molar-refractivity contribution < 1.29 is 18.9 Å². The van der Waals surface area contributed by atoms with Gasteiger partial charge in [0.25, 0.3) is 0 Å². The SMILES string of the molecule is COc1cnc(N)cc1OCCCN1CCCC1.COc1cnc(Nc2nc(C)cc3[nH]ncc23)cc1OCCCN1CCCC1.Cc1cc2[nH]ncc2c(Cl)n1. The summed E-state index contributed by atoms with van der Waals surface area (Å²) < 4.78 is 22.3. The van der Waals surface area contributed by atoms with E-state index in [0.717, 1.165) is 59.1 Å². The van der Waals surface area contributed by atoms with Crippen molar-refractivity contribution in [3.8, 4) is 23.0 Å². The number of ether oxygens (including phenoxy) is 4. The second-order valence-electron chi connectivity index (χ2n) is 13.9. The highest BCUT2D eigenvalue weighted by Gasteiger charge is 2.14. The Morgan fingerprint density at radius 2 is 1.21 bits per heavy atom. The number of nitrogens with two attached hydrogens (primary N) is 1. The first-order chi connectivity index (χ1) is 27.8. The van der Waals surface area contributed by atoms with E-state index in [1.54, 1.807) is 45.1 Å². The molecule has 6 aromatic rings. The number of H-pyrrole nitrogens is 2. The largest absolute Gasteiger partial charge is 0.491 e. The fraction of sp³-hybridized carbons (Fsp3) is 0.450. The van der Waals surface area contributed by atoms with Crippen molar-refractivity contribution in [3.05, 3.63) is 65.6 Å². The second kappa shape index (κ2) is 20.6. The second-order valence-corrected chi connectivity index (χ2v) is 14.3. The monoisotopic (exact) mass is 800 g/mol. The van der Waals surface area contributed by atoms with Gasteiger partial charge in [-0.25, -0.2) is 19.9 Å². The summed E-state index contributed by atoms with van der Waals surface area (Å²) in [6, 6.07) is 7.43. The topological polar surface area (TPSA) is 190 Å². The Morgan fingerprint density at radius 3 is 1.81 bits per heavy atom. The van der Waals surface area contributed by atoms with Gasteiger partial charge in [-0.15, -0.1) is 0 Å². The Balaban J connectivity index is 0.000000161. The van der Waals surface area contributed by atoms with Gasteiger partial charge in [0.2, 0.25) is 0 Å². The van der Waals surface area contributed by atoms with Gasteiger partial charge >= 0.3 is 0 Å². The number of anilines is 3. The Morgan fingerprint density at radius 1 is 0.684 bits per heavy atom. The van der Waals surface area contributed by atoms with E-state index in [4.69, 9.17) is 36.3 Å². The molecule has 0 amide bonds. The average Bonchev–Trinajstić information content (AvgIpc) is 4.05. The van der Waals surface area contributed by atoms with Crippen LogP contribution >= 0.6 is 11.6 Å². The molecule has 0 radical (unpaired) electrons. The summed E-state index contributed by atoms with van der Waals surface area (Å²) in [5.41, 5.74) is 9.29. The molecule has 5 N–H and O–H groups in total. The molecule has 17 heteroatoms. The van der Waals surface area contributed by atoms with Crippen LogP contribution < -0.4 is 30.0 Å². The number of hydrogen-bond acceptors (Lipinski definition) is 14. The fourth-order valence-electron chi connectivity index (χ4n) is 6.73. The Kier molecular flexibility index (Phi) is 14.9. The molecule has 6 aromatic heterocycles. The zero-order chi connectivity index (χ0) is 40.0. The number of nitrogens with one attached hydrogen (secondary N) is 3. The molecule has 0 atom stereocenters. The summed E-state index contributed by atoms with van der Waals surface area (Å²) in [6.07, 6.45) is 14.0. The normalized spacial score (nSPS) is 14.2. The number of aromatic amines is 2. The van der Waals surface area contributed by atoms with Crippen LogP contribution in [-0.2, 0) is 0 Å². The first kappa shape index (κ1) is 41.2. The average molecular weight is 801 g/mol. The molecule has 0 bridgehead atoms. The van der Waals surface area contributed by atoms with Crippen LogP contribution in [0.2, 0.25) is 5.15 Å². The number of nitrogens with zero attached hydrogens (tertiary/aromatic N) is 8. The summed E-state index contributed by atoms with van der Waals surface area (Å²) in [6.45, 7) is 12.2. The highest BCUT2D eigenvalue weighted by molar-refractivity contribution is 6.34. The molecule has 2 aliphatic heterocycles. The van der Waals surface area contributed by atoms with Crippen molar-refractivity contribution in [2.75, 3.05) is 77.8 Å². The van der Waals surface area contributed by atoms with E-state index in [2.05, 4.69) is 55.4 Å². The van der Waals surface area contributed by atoms with Crippen LogP contribution in [0.3, 0.4) is 0 Å². The molecule has 8 rings (SSSR count). The van der Waals surface area contributed by atoms with Gasteiger partial charge in [-0.2, -0.15) is 10.2 Å². The maximum atomic E-state index is 5.99. The minimum atomic E-state index is 0.449. The summed E-state index contributed by atoms with van der Waals surface area (Å²) in [5.74, 6) is 4.41. The third-order valence-corrected chi connectivity index (χ3v) is 9.89. The molecule has 2 aliphatic rings. The number of methoxy groups -OCH3 is 2. The molecule has 16 nitrogen and oxygen atoms in total. The molecular formula is C40H53ClN12O4. The van der Waals surface area contributed by atoms with Crippen molar-refractivity contribution in [2.24, 2.45) is 0 Å². The minimum absolute atomic E-state index is 0.449. The van der Waals surface area contributed by atoms with Crippen LogP contribution in [0.15, 0.2) is 49.1 Å². The van der Waals surface area contributed by atoms with E-state index in [0.29, 0.717) is 58.8 Å². The van der Waals surface area contributed by atoms with Crippen LogP contribution in [0.25, 0.3) is 21.8 Å². The van der Waals surface area contributed by atoms with Gasteiger partial charge in [0, 0.05) is 36.6 Å². The standard InChI is InChI=1S/C20H26N6O2.C13H21N3O2.C7H6ClN3/c1-14-10-16-15(12-22-25-16)20(23-14)24-19-11-17(18(27-2)13-21-19)28-9-5-8-26-6-3-4-7-26;1-17-12-10-15-13(14)9-11(12)18-8-4-7-16-5-2-3-6-16;1-4-2-6-5(3-9-11-6)7(8)10-4/h10-13H,3-9H2,1-2H3,(H,22,25)(H,21,23,24);9-10H,2-8H2,1H3,(H2,14,15);2-3H,1H3,(H,9,11). The predicted octanol–water partition coefficient (Wildman–Crippen LogP) is 6.74. The van der Waals surface area contributed by atoms with Gasteiger partial charge in [0.1, 0.15) is 22.6 Å². The fourth-order valence-corrected chi connectivity index (χ4v) is 7.02. The number of rotatable bonds is 14. The van der Waals surface area contributed by atoms with Crippen LogP contribution in [0, 0.1) is 13.8 Å². The molecule has 0 aromatic carbocycles. The number of likely N-dealkylation sites (tertiary alicyclic amines) is 2. The van der Waals surface area contributed by atoms with E-state index >= 15 is 0 Å². The van der Waals surface area contributed by atoms with Crippen molar-refractivity contribution in [2.45, 2.75) is 52.4 Å². The number of fused-ring (bicyclic) bond motifs is 2. The lowest BCUT2D eigenvalue weighted by Gasteiger charge is -2.16. The first-order valence-electron chi connectivity index (χ1n) is 19.4. The van der Waals surface area contributed by atoms with E-state index < -0.39 is 0 Å². The third-order valence-electron chi connectivity index (χ3n) is 9.60. The molecule has 8 heterocycles. The van der Waals surface area contributed by atoms with Gasteiger partial charge < -0.3 is 39.8 Å². The molecule has 304 valence electrons. The van der Waals surface area contributed by atoms with E-state index in [1.165, 1.54) is 51.9 Å². The van der Waals surface area contributed by atoms with Crippen molar-refractivity contribution >= 4 is 50.9 Å². The zero-order valence-electron chi connectivity index (χ0n) is 33.2. The number of hydrogen-bond donors (Lipinski definition) is 4. The number of pyridine rings is 4. The first-order valence-corrected chi connectivity index (χ1v) is 19.7. The summed E-state index contributed by atoms with van der Waals surface area (Å²) >= 11 is 5.83. The predicted molar refractivity (Wildman–Crippen MR) is 223 cm³/mol. The van der Waals surface area contributed by atoms with Crippen LogP contribution in [0.4, 0.5) is 17.5 Å². The van der Waals surface area contributed by atoms with Gasteiger partial charge in [0.05, 0.1) is 74.0 Å². The molecule has 0 aliphatic carbocycles. The quantitative estimate of drug-likeness (QED) is 0.0670. The maximum absolute atomic E-state index is 5.99. The van der Waals surface area contributed by atoms with Gasteiger partial charge in [-0.05, 0) is 90.7 Å². The summed E-state index contributed by atoms with van der Waals surface area (Å²) in [7, 11) is 3.22. The molecule has 0 spiro atoms. The number of aryl methyl sites for hydroxylation is 2. The molecular weight excluding hydrogens is 748 g/mol. The lowest BCUT2D eigenvalue weighted by atomic mass is 10.2. The van der Waals surface area contributed by atoms with Crippen molar-refractivity contribution in [1.29, 1.82) is 0 Å². The maximum Gasteiger partial charge on any atom is 0.179 e. The van der Waals surface area contributed by atoms with E-state index in [-0.39, 0.29) is 0 Å². The zero-order valence-corrected chi connectivity index (χ0v) is 33.9. The minimum Gasteiger partial charge on any atom is -0.491 e. The lowest BCUT2D eigenvalue weighted by Crippen LogP contribution is -2.22. The van der Waals surface area contributed by atoms with Crippen LogP contribution in [0.5, 0.6) is 23.0 Å². The van der Waals surface area contributed by atoms with Gasteiger partial charge in [-0.3, -0.25) is 10.2 Å². The summed E-state index contributed by atoms with van der Waals surface area (Å²) in [4.78, 5) is 22.0. The smallest absolute Gasteiger partial charge is 0.179 e. The van der Waals surface area contributed by atoms with Crippen molar-refractivity contribution in [1.82, 2.24) is 50.1 Å². The number of aromatic nitrogens is 8. The van der Waals surface area contributed by atoms with E-state index in [9.17, 15) is 0 Å². The van der Waals surface area contributed by atoms with Gasteiger partial charge in [-0.1, -0.05) is 11.6 Å². The molecule has 0 saturated carbocycles. The number of halogens is 1. The van der Waals surface area contributed by atoms with Gasteiger partial charge in [0.15, 0.2) is 23.0 Å².